The molecule has 1 aromatic carbocycles. The van der Waals surface area contributed by atoms with Gasteiger partial charge in [-0.1, -0.05) is 12.7 Å². The fourth-order valence-electron chi connectivity index (χ4n) is 2.78. The highest BCUT2D eigenvalue weighted by Gasteiger charge is 2.37. The summed E-state index contributed by atoms with van der Waals surface area (Å²) in [6.45, 7) is 5.57. The maximum Gasteiger partial charge on any atom is 0.294 e. The minimum Gasteiger partial charge on any atom is -0.487 e. The second-order valence-electron chi connectivity index (χ2n) is 6.17. The Kier molecular flexibility index (Phi) is 7.55. The molecule has 0 radical (unpaired) electrons. The Morgan fingerprint density at radius 1 is 1.24 bits per heavy atom. The van der Waals surface area contributed by atoms with Crippen LogP contribution in [-0.4, -0.2) is 66.3 Å². The molecule has 2 heterocycles. The van der Waals surface area contributed by atoms with Gasteiger partial charge in [0.2, 0.25) is 5.91 Å². The molecule has 0 spiro atoms. The third-order valence-corrected chi connectivity index (χ3v) is 6.28. The number of carbonyl (C=O) groups excluding carboxylic acids is 3. The van der Waals surface area contributed by atoms with Crippen LogP contribution in [0.4, 0.5) is 4.79 Å². The zero-order valence-corrected chi connectivity index (χ0v) is 19.3. The first-order valence-electron chi connectivity index (χ1n) is 8.74. The molecule has 3 amide bonds. The van der Waals surface area contributed by atoms with Crippen LogP contribution in [-0.2, 0) is 14.3 Å². The van der Waals surface area contributed by atoms with Crippen LogP contribution in [0.2, 0.25) is 0 Å². The molecule has 0 aliphatic carbocycles. The summed E-state index contributed by atoms with van der Waals surface area (Å²) >= 11 is 7.71. The van der Waals surface area contributed by atoms with Gasteiger partial charge < -0.3 is 14.4 Å². The number of morpholine rings is 1. The number of carbonyl (C=O) groups is 3. The molecule has 7 nitrogen and oxygen atoms in total. The highest BCUT2D eigenvalue weighted by atomic mass is 79.9. The van der Waals surface area contributed by atoms with E-state index in [-0.39, 0.29) is 17.4 Å². The maximum absolute atomic E-state index is 12.7. The summed E-state index contributed by atoms with van der Waals surface area (Å²) in [6.07, 6.45) is 3.26. The summed E-state index contributed by atoms with van der Waals surface area (Å²) < 4.78 is 12.2. The van der Waals surface area contributed by atoms with Gasteiger partial charge in [0.05, 0.1) is 27.1 Å². The number of hydrogen-bond donors (Lipinski definition) is 0. The van der Waals surface area contributed by atoms with Gasteiger partial charge in [-0.05, 0) is 67.4 Å². The first-order chi connectivity index (χ1) is 13.9. The standard InChI is InChI=1S/C19H18Br2N2O5S/c1-2-5-28-17-13(20)8-12(9-14(17)21)10-15-18(25)23(19(26)29-15)11-16(24)22-3-6-27-7-4-22/h2,8-10H,1,3-7,11H2/b15-10-. The van der Waals surface area contributed by atoms with Crippen molar-refractivity contribution in [2.24, 2.45) is 0 Å². The van der Waals surface area contributed by atoms with E-state index in [0.29, 0.717) is 53.2 Å². The van der Waals surface area contributed by atoms with Crippen LogP contribution in [0.1, 0.15) is 5.56 Å². The molecular weight excluding hydrogens is 528 g/mol. The van der Waals surface area contributed by atoms with Crippen molar-refractivity contribution in [3.8, 4) is 5.75 Å². The fourth-order valence-corrected chi connectivity index (χ4v) is 5.07. The van der Waals surface area contributed by atoms with E-state index in [1.54, 1.807) is 29.2 Å². The molecule has 10 heteroatoms. The average Bonchev–Trinajstić information content (AvgIpc) is 2.95. The van der Waals surface area contributed by atoms with Gasteiger partial charge in [-0.3, -0.25) is 19.3 Å². The van der Waals surface area contributed by atoms with E-state index in [1.807, 2.05) is 0 Å². The molecule has 2 saturated heterocycles. The number of benzene rings is 1. The predicted molar refractivity (Wildman–Crippen MR) is 118 cm³/mol. The number of nitrogens with zero attached hydrogens (tertiary/aromatic N) is 2. The summed E-state index contributed by atoms with van der Waals surface area (Å²) in [5.74, 6) is -0.113. The Bertz CT molecular complexity index is 860. The molecule has 0 N–H and O–H groups in total. The lowest BCUT2D eigenvalue weighted by Gasteiger charge is -2.28. The van der Waals surface area contributed by atoms with Crippen molar-refractivity contribution in [1.82, 2.24) is 9.80 Å². The van der Waals surface area contributed by atoms with Crippen molar-refractivity contribution in [1.29, 1.82) is 0 Å². The number of hydrogen-bond acceptors (Lipinski definition) is 6. The molecular formula is C19H18Br2N2O5S. The van der Waals surface area contributed by atoms with E-state index in [0.717, 1.165) is 16.7 Å². The van der Waals surface area contributed by atoms with Gasteiger partial charge in [0, 0.05) is 13.1 Å². The lowest BCUT2D eigenvalue weighted by molar-refractivity contribution is -0.139. The van der Waals surface area contributed by atoms with Crippen LogP contribution < -0.4 is 4.74 Å². The molecule has 2 aliphatic heterocycles. The van der Waals surface area contributed by atoms with Crippen LogP contribution in [0.3, 0.4) is 0 Å². The van der Waals surface area contributed by atoms with Crippen molar-refractivity contribution in [3.63, 3.8) is 0 Å². The van der Waals surface area contributed by atoms with E-state index in [9.17, 15) is 14.4 Å². The van der Waals surface area contributed by atoms with Crippen LogP contribution >= 0.6 is 43.6 Å². The van der Waals surface area contributed by atoms with Crippen LogP contribution in [0.15, 0.2) is 38.6 Å². The highest BCUT2D eigenvalue weighted by molar-refractivity contribution is 9.11. The van der Waals surface area contributed by atoms with Crippen molar-refractivity contribution in [3.05, 3.63) is 44.2 Å². The molecule has 3 rings (SSSR count). The number of thioether (sulfide) groups is 1. The van der Waals surface area contributed by atoms with E-state index in [2.05, 4.69) is 38.4 Å². The Balaban J connectivity index is 1.74. The largest absolute Gasteiger partial charge is 0.487 e. The molecule has 29 heavy (non-hydrogen) atoms. The van der Waals surface area contributed by atoms with Crippen molar-refractivity contribution < 1.29 is 23.9 Å². The smallest absolute Gasteiger partial charge is 0.294 e. The maximum atomic E-state index is 12.7. The summed E-state index contributed by atoms with van der Waals surface area (Å²) in [4.78, 5) is 40.2. The lowest BCUT2D eigenvalue weighted by Crippen LogP contribution is -2.46. The molecule has 0 saturated carbocycles. The number of amides is 3. The molecule has 1 aromatic rings. The minimum atomic E-state index is -0.471. The summed E-state index contributed by atoms with van der Waals surface area (Å²) in [6, 6.07) is 3.58. The molecule has 0 bridgehead atoms. The van der Waals surface area contributed by atoms with Crippen LogP contribution in [0.5, 0.6) is 5.75 Å². The highest BCUT2D eigenvalue weighted by Crippen LogP contribution is 2.37. The number of halogens is 2. The fraction of sp³-hybridized carbons (Fsp3) is 0.316. The lowest BCUT2D eigenvalue weighted by atomic mass is 10.2. The number of rotatable bonds is 6. The molecule has 0 aromatic heterocycles. The number of ether oxygens (including phenoxy) is 2. The van der Waals surface area contributed by atoms with E-state index in [4.69, 9.17) is 9.47 Å². The van der Waals surface area contributed by atoms with E-state index >= 15 is 0 Å². The van der Waals surface area contributed by atoms with Crippen molar-refractivity contribution >= 4 is 66.8 Å². The van der Waals surface area contributed by atoms with Gasteiger partial charge in [-0.25, -0.2) is 0 Å². The van der Waals surface area contributed by atoms with Crippen molar-refractivity contribution in [2.75, 3.05) is 39.5 Å². The predicted octanol–water partition coefficient (Wildman–Crippen LogP) is 3.67. The Labute approximate surface area is 189 Å². The first kappa shape index (κ1) is 22.1. The Morgan fingerprint density at radius 2 is 1.90 bits per heavy atom. The monoisotopic (exact) mass is 544 g/mol. The number of imide groups is 1. The van der Waals surface area contributed by atoms with Gasteiger partial charge in [0.15, 0.2) is 0 Å². The summed E-state index contributed by atoms with van der Waals surface area (Å²) in [5, 5.41) is -0.452. The average molecular weight is 546 g/mol. The van der Waals surface area contributed by atoms with Gasteiger partial charge in [-0.15, -0.1) is 0 Å². The SMILES string of the molecule is C=CCOc1c(Br)cc(/C=C2\SC(=O)N(CC(=O)N3CCOCC3)C2=O)cc1Br. The quantitative estimate of drug-likeness (QED) is 0.401. The van der Waals surface area contributed by atoms with Gasteiger partial charge in [0.25, 0.3) is 11.1 Å². The van der Waals surface area contributed by atoms with Crippen LogP contribution in [0, 0.1) is 0 Å². The molecule has 2 fully saturated rings. The third-order valence-electron chi connectivity index (χ3n) is 4.19. The Hall–Kier alpha value is -1.62. The van der Waals surface area contributed by atoms with Crippen molar-refractivity contribution in [2.45, 2.75) is 0 Å². The third kappa shape index (κ3) is 5.30. The normalized spacial score (nSPS) is 18.5. The van der Waals surface area contributed by atoms with Gasteiger partial charge in [-0.2, -0.15) is 0 Å². The molecule has 2 aliphatic rings. The second-order valence-corrected chi connectivity index (χ2v) is 8.88. The zero-order valence-electron chi connectivity index (χ0n) is 15.4. The van der Waals surface area contributed by atoms with Gasteiger partial charge in [0.1, 0.15) is 18.9 Å². The minimum absolute atomic E-state index is 0.258. The summed E-state index contributed by atoms with van der Waals surface area (Å²) in [7, 11) is 0. The molecule has 0 atom stereocenters. The van der Waals surface area contributed by atoms with E-state index < -0.39 is 11.1 Å². The summed E-state index contributed by atoms with van der Waals surface area (Å²) in [5.41, 5.74) is 0.708. The second kappa shape index (κ2) is 9.92. The molecule has 154 valence electrons. The zero-order chi connectivity index (χ0) is 21.0. The topological polar surface area (TPSA) is 76.2 Å². The first-order valence-corrected chi connectivity index (χ1v) is 11.1. The molecule has 0 unspecified atom stereocenters. The van der Waals surface area contributed by atoms with E-state index in [1.165, 1.54) is 0 Å². The van der Waals surface area contributed by atoms with Crippen LogP contribution in [0.25, 0.3) is 6.08 Å². The Morgan fingerprint density at radius 3 is 2.52 bits per heavy atom. The van der Waals surface area contributed by atoms with Gasteiger partial charge >= 0.3 is 0 Å².